The lowest BCUT2D eigenvalue weighted by Gasteiger charge is -2.38. The largest absolute Gasteiger partial charge is 0.351 e. The fourth-order valence-electron chi connectivity index (χ4n) is 3.83. The Balaban J connectivity index is 1.67. The Morgan fingerprint density at radius 1 is 1.08 bits per heavy atom. The Morgan fingerprint density at radius 2 is 1.96 bits per heavy atom. The van der Waals surface area contributed by atoms with Gasteiger partial charge in [-0.1, -0.05) is 0 Å². The van der Waals surface area contributed by atoms with Crippen molar-refractivity contribution in [2.45, 2.75) is 18.9 Å². The van der Waals surface area contributed by atoms with Crippen LogP contribution >= 0.6 is 0 Å². The van der Waals surface area contributed by atoms with Gasteiger partial charge in [0.15, 0.2) is 17.5 Å². The van der Waals surface area contributed by atoms with Gasteiger partial charge in [-0.15, -0.1) is 5.10 Å². The molecule has 2 aromatic heterocycles. The first-order valence-corrected chi connectivity index (χ1v) is 8.06. The van der Waals surface area contributed by atoms with E-state index in [4.69, 9.17) is 0 Å². The molecular weight excluding hydrogens is 316 g/mol. The second kappa shape index (κ2) is 5.04. The maximum Gasteiger partial charge on any atom is 0.222 e. The molecule has 124 valence electrons. The molecule has 0 N–H and O–H groups in total. The number of anilines is 1. The van der Waals surface area contributed by atoms with Gasteiger partial charge >= 0.3 is 0 Å². The zero-order valence-electron chi connectivity index (χ0n) is 12.9. The van der Waals surface area contributed by atoms with Gasteiger partial charge in [-0.3, -0.25) is 4.90 Å². The lowest BCUT2D eigenvalue weighted by molar-refractivity contribution is 0.230. The van der Waals surface area contributed by atoms with Gasteiger partial charge in [0.2, 0.25) is 5.65 Å². The number of nitrogens with zero attached hydrogens (tertiary/aromatic N) is 7. The molecule has 0 amide bonds. The Morgan fingerprint density at radius 3 is 2.88 bits per heavy atom. The topological polar surface area (TPSA) is 62.5 Å². The molecule has 9 heteroatoms. The van der Waals surface area contributed by atoms with Crippen molar-refractivity contribution in [2.24, 2.45) is 0 Å². The van der Waals surface area contributed by atoms with Crippen molar-refractivity contribution in [2.75, 3.05) is 31.1 Å². The molecule has 2 fully saturated rings. The minimum absolute atomic E-state index is 0.345. The van der Waals surface area contributed by atoms with E-state index in [0.717, 1.165) is 38.3 Å². The first-order chi connectivity index (χ1) is 11.7. The molecule has 2 aliphatic rings. The quantitative estimate of drug-likeness (QED) is 0.668. The van der Waals surface area contributed by atoms with Crippen molar-refractivity contribution in [1.82, 2.24) is 29.9 Å². The third-order valence-electron chi connectivity index (χ3n) is 5.03. The van der Waals surface area contributed by atoms with E-state index in [1.54, 1.807) is 0 Å². The molecule has 1 atom stereocenters. The van der Waals surface area contributed by atoms with Crippen molar-refractivity contribution < 1.29 is 8.78 Å². The fourth-order valence-corrected chi connectivity index (χ4v) is 3.83. The minimum atomic E-state index is -0.937. The number of benzene rings is 1. The summed E-state index contributed by atoms with van der Waals surface area (Å²) >= 11 is 0. The van der Waals surface area contributed by atoms with E-state index >= 15 is 0 Å². The molecule has 1 unspecified atom stereocenters. The number of piperazine rings is 1. The molecule has 24 heavy (non-hydrogen) atoms. The van der Waals surface area contributed by atoms with Gasteiger partial charge in [0, 0.05) is 37.8 Å². The molecule has 1 aromatic carbocycles. The van der Waals surface area contributed by atoms with Crippen LogP contribution in [0.2, 0.25) is 0 Å². The molecule has 0 bridgehead atoms. The standard InChI is InChI=1S/C15H15F2N7/c16-10-6-12-13(7-11(10)17)24-15(19-20-21-24)14(18-12)23-5-4-22-3-1-2-9(22)8-23/h6-7,9H,1-5,8H2. The summed E-state index contributed by atoms with van der Waals surface area (Å²) < 4.78 is 28.6. The predicted octanol–water partition coefficient (Wildman–Crippen LogP) is 1.24. The Kier molecular flexibility index (Phi) is 2.93. The highest BCUT2D eigenvalue weighted by Crippen LogP contribution is 2.28. The molecule has 2 aliphatic heterocycles. The first-order valence-electron chi connectivity index (χ1n) is 8.06. The van der Waals surface area contributed by atoms with Crippen LogP contribution in [0.3, 0.4) is 0 Å². The molecule has 0 aliphatic carbocycles. The van der Waals surface area contributed by atoms with Gasteiger partial charge in [0.05, 0.1) is 11.0 Å². The lowest BCUT2D eigenvalue weighted by Crippen LogP contribution is -2.50. The lowest BCUT2D eigenvalue weighted by atomic mass is 10.1. The Bertz CT molecular complexity index is 940. The van der Waals surface area contributed by atoms with Crippen LogP contribution in [-0.2, 0) is 0 Å². The predicted molar refractivity (Wildman–Crippen MR) is 82.8 cm³/mol. The molecule has 2 saturated heterocycles. The highest BCUT2D eigenvalue weighted by Gasteiger charge is 2.32. The van der Waals surface area contributed by atoms with E-state index in [0.29, 0.717) is 28.5 Å². The minimum Gasteiger partial charge on any atom is -0.351 e. The fraction of sp³-hybridized carbons (Fsp3) is 0.467. The van der Waals surface area contributed by atoms with E-state index in [-0.39, 0.29) is 0 Å². The average molecular weight is 331 g/mol. The van der Waals surface area contributed by atoms with Gasteiger partial charge in [-0.05, 0) is 29.8 Å². The molecule has 4 heterocycles. The van der Waals surface area contributed by atoms with Crippen LogP contribution in [0.15, 0.2) is 12.1 Å². The van der Waals surface area contributed by atoms with E-state index in [1.165, 1.54) is 17.4 Å². The second-order valence-electron chi connectivity index (χ2n) is 6.38. The van der Waals surface area contributed by atoms with Gasteiger partial charge < -0.3 is 4.90 Å². The van der Waals surface area contributed by atoms with Crippen molar-refractivity contribution in [3.05, 3.63) is 23.8 Å². The van der Waals surface area contributed by atoms with Crippen LogP contribution in [0, 0.1) is 11.6 Å². The summed E-state index contributed by atoms with van der Waals surface area (Å²) in [7, 11) is 0. The summed E-state index contributed by atoms with van der Waals surface area (Å²) in [6.07, 6.45) is 2.39. The maximum atomic E-state index is 13.6. The average Bonchev–Trinajstić information content (AvgIpc) is 3.23. The number of rotatable bonds is 1. The smallest absolute Gasteiger partial charge is 0.222 e. The summed E-state index contributed by atoms with van der Waals surface area (Å²) in [6.45, 7) is 3.79. The van der Waals surface area contributed by atoms with Crippen LogP contribution in [0.1, 0.15) is 12.8 Å². The van der Waals surface area contributed by atoms with Gasteiger partial charge in [-0.2, -0.15) is 4.52 Å². The molecular formula is C15H15F2N7. The van der Waals surface area contributed by atoms with Crippen molar-refractivity contribution in [3.8, 4) is 0 Å². The number of tetrazole rings is 1. The molecule has 5 rings (SSSR count). The first kappa shape index (κ1) is 14.0. The summed E-state index contributed by atoms with van der Waals surface area (Å²) in [5.41, 5.74) is 1.18. The van der Waals surface area contributed by atoms with Gasteiger partial charge in [0.1, 0.15) is 0 Å². The third kappa shape index (κ3) is 1.97. The van der Waals surface area contributed by atoms with Crippen LogP contribution < -0.4 is 4.90 Å². The van der Waals surface area contributed by atoms with Crippen LogP contribution in [0.25, 0.3) is 16.7 Å². The molecule has 0 radical (unpaired) electrons. The van der Waals surface area contributed by atoms with E-state index in [9.17, 15) is 8.78 Å². The number of fused-ring (bicyclic) bond motifs is 4. The summed E-state index contributed by atoms with van der Waals surface area (Å²) in [5.74, 6) is -1.23. The Hall–Kier alpha value is -2.42. The zero-order chi connectivity index (χ0) is 16.3. The summed E-state index contributed by atoms with van der Waals surface area (Å²) in [6, 6.07) is 2.69. The maximum absolute atomic E-state index is 13.6. The SMILES string of the molecule is Fc1cc2nc(N3CCN4CCCC4C3)c3nnnn3c2cc1F. The van der Waals surface area contributed by atoms with Crippen LogP contribution in [0.4, 0.5) is 14.6 Å². The van der Waals surface area contributed by atoms with Crippen LogP contribution in [0.5, 0.6) is 0 Å². The number of aromatic nitrogens is 5. The van der Waals surface area contributed by atoms with Gasteiger partial charge in [0.25, 0.3) is 0 Å². The van der Waals surface area contributed by atoms with E-state index in [2.05, 4.69) is 30.3 Å². The number of hydrogen-bond donors (Lipinski definition) is 0. The molecule has 3 aromatic rings. The van der Waals surface area contributed by atoms with E-state index < -0.39 is 11.6 Å². The van der Waals surface area contributed by atoms with Crippen molar-refractivity contribution >= 4 is 22.5 Å². The van der Waals surface area contributed by atoms with E-state index in [1.807, 2.05) is 0 Å². The normalized spacial score (nSPS) is 21.8. The highest BCUT2D eigenvalue weighted by atomic mass is 19.2. The van der Waals surface area contributed by atoms with Crippen LogP contribution in [-0.4, -0.2) is 62.1 Å². The summed E-state index contributed by atoms with van der Waals surface area (Å²) in [4.78, 5) is 9.20. The number of hydrogen-bond acceptors (Lipinski definition) is 6. The zero-order valence-corrected chi connectivity index (χ0v) is 12.9. The molecule has 0 saturated carbocycles. The molecule has 7 nitrogen and oxygen atoms in total. The summed E-state index contributed by atoms with van der Waals surface area (Å²) in [5, 5.41) is 11.7. The van der Waals surface area contributed by atoms with Crippen molar-refractivity contribution in [1.29, 1.82) is 0 Å². The van der Waals surface area contributed by atoms with Gasteiger partial charge in [-0.25, -0.2) is 13.8 Å². The monoisotopic (exact) mass is 331 g/mol. The Labute approximate surface area is 135 Å². The van der Waals surface area contributed by atoms with Crippen molar-refractivity contribution in [3.63, 3.8) is 0 Å². The molecule has 0 spiro atoms. The third-order valence-corrected chi connectivity index (χ3v) is 5.03. The number of halogens is 2. The second-order valence-corrected chi connectivity index (χ2v) is 6.38. The highest BCUT2D eigenvalue weighted by molar-refractivity contribution is 5.82.